The SMILES string of the molecule is CC(C)Oc1cc(NCC(C)(C)N(C)C)ncn1. The number of likely N-dealkylation sites (N-methyl/N-ethyl adjacent to an activating group) is 1. The summed E-state index contributed by atoms with van der Waals surface area (Å²) in [7, 11) is 4.13. The van der Waals surface area contributed by atoms with Gasteiger partial charge >= 0.3 is 0 Å². The molecule has 0 radical (unpaired) electrons. The molecule has 1 aromatic heterocycles. The Hall–Kier alpha value is -1.36. The molecule has 0 aliphatic carbocycles. The fraction of sp³-hybridized carbons (Fsp3) is 0.692. The van der Waals surface area contributed by atoms with Gasteiger partial charge in [0, 0.05) is 18.2 Å². The highest BCUT2D eigenvalue weighted by molar-refractivity contribution is 5.37. The molecule has 1 aromatic rings. The Balaban J connectivity index is 2.63. The van der Waals surface area contributed by atoms with Crippen LogP contribution in [-0.2, 0) is 0 Å². The minimum Gasteiger partial charge on any atom is -0.475 e. The number of nitrogens with one attached hydrogen (secondary N) is 1. The van der Waals surface area contributed by atoms with Gasteiger partial charge in [0.1, 0.15) is 12.1 Å². The third-order valence-electron chi connectivity index (χ3n) is 2.91. The standard InChI is InChI=1S/C13H24N4O/c1-10(2)18-12-7-11(15-9-16-12)14-8-13(3,4)17(5)6/h7,9-10H,8H2,1-6H3,(H,14,15,16). The quantitative estimate of drug-likeness (QED) is 0.839. The average Bonchev–Trinajstić information content (AvgIpc) is 2.26. The lowest BCUT2D eigenvalue weighted by molar-refractivity contribution is 0.209. The van der Waals surface area contributed by atoms with Crippen molar-refractivity contribution in [3.05, 3.63) is 12.4 Å². The summed E-state index contributed by atoms with van der Waals surface area (Å²) < 4.78 is 5.53. The summed E-state index contributed by atoms with van der Waals surface area (Å²) in [5.74, 6) is 1.39. The summed E-state index contributed by atoms with van der Waals surface area (Å²) in [6.07, 6.45) is 1.63. The number of hydrogen-bond acceptors (Lipinski definition) is 5. The molecule has 0 spiro atoms. The Morgan fingerprint density at radius 1 is 1.33 bits per heavy atom. The normalized spacial score (nSPS) is 12.0. The topological polar surface area (TPSA) is 50.3 Å². The van der Waals surface area contributed by atoms with Gasteiger partial charge in [-0.25, -0.2) is 9.97 Å². The van der Waals surface area contributed by atoms with E-state index >= 15 is 0 Å². The largest absolute Gasteiger partial charge is 0.475 e. The second kappa shape index (κ2) is 6.00. The third-order valence-corrected chi connectivity index (χ3v) is 2.91. The Morgan fingerprint density at radius 3 is 2.56 bits per heavy atom. The van der Waals surface area contributed by atoms with Gasteiger partial charge in [-0.05, 0) is 41.8 Å². The van der Waals surface area contributed by atoms with Crippen LogP contribution >= 0.6 is 0 Å². The number of aromatic nitrogens is 2. The smallest absolute Gasteiger partial charge is 0.218 e. The molecule has 0 atom stereocenters. The van der Waals surface area contributed by atoms with Crippen LogP contribution in [0.5, 0.6) is 5.88 Å². The van der Waals surface area contributed by atoms with Gasteiger partial charge in [0.2, 0.25) is 5.88 Å². The van der Waals surface area contributed by atoms with Crippen LogP contribution in [0.4, 0.5) is 5.82 Å². The maximum Gasteiger partial charge on any atom is 0.218 e. The molecular formula is C13H24N4O. The number of rotatable bonds is 6. The lowest BCUT2D eigenvalue weighted by Gasteiger charge is -2.32. The van der Waals surface area contributed by atoms with E-state index in [0.717, 1.165) is 12.4 Å². The first-order valence-electron chi connectivity index (χ1n) is 6.21. The van der Waals surface area contributed by atoms with Crippen molar-refractivity contribution in [2.75, 3.05) is 26.0 Å². The summed E-state index contributed by atoms with van der Waals surface area (Å²) in [5, 5.41) is 3.31. The maximum absolute atomic E-state index is 5.53. The molecule has 5 nitrogen and oxygen atoms in total. The number of ether oxygens (including phenoxy) is 1. The first-order valence-corrected chi connectivity index (χ1v) is 6.21. The highest BCUT2D eigenvalue weighted by atomic mass is 16.5. The Kier molecular flexibility index (Phi) is 4.90. The zero-order valence-corrected chi connectivity index (χ0v) is 12.2. The van der Waals surface area contributed by atoms with Gasteiger partial charge in [-0.2, -0.15) is 0 Å². The monoisotopic (exact) mass is 252 g/mol. The highest BCUT2D eigenvalue weighted by Crippen LogP contribution is 2.15. The lowest BCUT2D eigenvalue weighted by Crippen LogP contribution is -2.44. The first kappa shape index (κ1) is 14.7. The minimum atomic E-state index is 0.0595. The summed E-state index contributed by atoms with van der Waals surface area (Å²) in [6, 6.07) is 1.83. The van der Waals surface area contributed by atoms with E-state index in [9.17, 15) is 0 Å². The Morgan fingerprint density at radius 2 is 2.00 bits per heavy atom. The van der Waals surface area contributed by atoms with Gasteiger partial charge in [0.15, 0.2) is 0 Å². The fourth-order valence-corrected chi connectivity index (χ4v) is 1.21. The van der Waals surface area contributed by atoms with E-state index in [1.807, 2.05) is 19.9 Å². The predicted octanol–water partition coefficient (Wildman–Crippen LogP) is 2.02. The van der Waals surface area contributed by atoms with Crippen molar-refractivity contribution in [1.29, 1.82) is 0 Å². The summed E-state index contributed by atoms with van der Waals surface area (Å²) >= 11 is 0. The Labute approximate surface area is 110 Å². The molecule has 0 saturated carbocycles. The van der Waals surface area contributed by atoms with E-state index in [4.69, 9.17) is 4.74 Å². The van der Waals surface area contributed by atoms with Crippen molar-refractivity contribution >= 4 is 5.82 Å². The average molecular weight is 252 g/mol. The second-order valence-electron chi connectivity index (χ2n) is 5.47. The molecule has 5 heteroatoms. The van der Waals surface area contributed by atoms with Gasteiger partial charge < -0.3 is 15.0 Å². The molecule has 0 amide bonds. The molecule has 1 N–H and O–H groups in total. The van der Waals surface area contributed by atoms with E-state index in [0.29, 0.717) is 5.88 Å². The maximum atomic E-state index is 5.53. The van der Waals surface area contributed by atoms with Crippen molar-refractivity contribution in [2.45, 2.75) is 39.3 Å². The van der Waals surface area contributed by atoms with Gasteiger partial charge in [0.05, 0.1) is 6.10 Å². The van der Waals surface area contributed by atoms with Crippen LogP contribution in [0.25, 0.3) is 0 Å². The molecule has 0 bridgehead atoms. The van der Waals surface area contributed by atoms with E-state index in [1.165, 1.54) is 6.33 Å². The second-order valence-corrected chi connectivity index (χ2v) is 5.47. The molecule has 0 saturated heterocycles. The van der Waals surface area contributed by atoms with Crippen molar-refractivity contribution in [1.82, 2.24) is 14.9 Å². The van der Waals surface area contributed by atoms with E-state index < -0.39 is 0 Å². The summed E-state index contributed by atoms with van der Waals surface area (Å²) in [4.78, 5) is 10.4. The van der Waals surface area contributed by atoms with Crippen LogP contribution in [0.2, 0.25) is 0 Å². The van der Waals surface area contributed by atoms with Crippen LogP contribution in [0.15, 0.2) is 12.4 Å². The molecular weight excluding hydrogens is 228 g/mol. The molecule has 0 aliphatic heterocycles. The number of hydrogen-bond donors (Lipinski definition) is 1. The first-order chi connectivity index (χ1) is 8.31. The molecule has 18 heavy (non-hydrogen) atoms. The van der Waals surface area contributed by atoms with E-state index in [-0.39, 0.29) is 11.6 Å². The molecule has 0 aliphatic rings. The van der Waals surface area contributed by atoms with Crippen molar-refractivity contribution in [3.8, 4) is 5.88 Å². The summed E-state index contributed by atoms with van der Waals surface area (Å²) in [6.45, 7) is 9.10. The minimum absolute atomic E-state index is 0.0595. The Bertz CT molecular complexity index is 377. The van der Waals surface area contributed by atoms with Gasteiger partial charge in [-0.15, -0.1) is 0 Å². The van der Waals surface area contributed by atoms with Gasteiger partial charge in [-0.1, -0.05) is 0 Å². The lowest BCUT2D eigenvalue weighted by atomic mass is 10.0. The van der Waals surface area contributed by atoms with Gasteiger partial charge in [0.25, 0.3) is 0 Å². The molecule has 0 fully saturated rings. The molecule has 0 aromatic carbocycles. The highest BCUT2D eigenvalue weighted by Gasteiger charge is 2.20. The van der Waals surface area contributed by atoms with E-state index in [2.05, 4.69) is 48.1 Å². The summed E-state index contributed by atoms with van der Waals surface area (Å²) in [5.41, 5.74) is 0.0595. The van der Waals surface area contributed by atoms with Crippen LogP contribution in [-0.4, -0.2) is 47.2 Å². The molecule has 0 unspecified atom stereocenters. The zero-order valence-electron chi connectivity index (χ0n) is 12.2. The van der Waals surface area contributed by atoms with Crippen LogP contribution < -0.4 is 10.1 Å². The van der Waals surface area contributed by atoms with Crippen LogP contribution in [0.3, 0.4) is 0 Å². The van der Waals surface area contributed by atoms with Crippen molar-refractivity contribution in [2.24, 2.45) is 0 Å². The number of anilines is 1. The van der Waals surface area contributed by atoms with Crippen molar-refractivity contribution < 1.29 is 4.74 Å². The van der Waals surface area contributed by atoms with Crippen LogP contribution in [0, 0.1) is 0 Å². The molecule has 1 rings (SSSR count). The third kappa shape index (κ3) is 4.49. The molecule has 102 valence electrons. The van der Waals surface area contributed by atoms with Crippen LogP contribution in [0.1, 0.15) is 27.7 Å². The number of nitrogens with zero attached hydrogens (tertiary/aromatic N) is 3. The molecule has 1 heterocycles. The fourth-order valence-electron chi connectivity index (χ4n) is 1.21. The van der Waals surface area contributed by atoms with Gasteiger partial charge in [-0.3, -0.25) is 0 Å². The van der Waals surface area contributed by atoms with Crippen molar-refractivity contribution in [3.63, 3.8) is 0 Å². The predicted molar refractivity (Wildman–Crippen MR) is 74.1 cm³/mol. The zero-order chi connectivity index (χ0) is 13.8. The van der Waals surface area contributed by atoms with E-state index in [1.54, 1.807) is 0 Å².